The lowest BCUT2D eigenvalue weighted by Crippen LogP contribution is -2.44. The first-order chi connectivity index (χ1) is 11.5. The molecule has 1 fully saturated rings. The zero-order valence-electron chi connectivity index (χ0n) is 15.9. The van der Waals surface area contributed by atoms with E-state index in [0.717, 1.165) is 51.3 Å². The molecule has 1 atom stereocenters. The van der Waals surface area contributed by atoms with E-state index in [0.29, 0.717) is 5.91 Å². The van der Waals surface area contributed by atoms with Crippen molar-refractivity contribution in [3.8, 4) is 5.75 Å². The fourth-order valence-electron chi connectivity index (χ4n) is 3.67. The van der Waals surface area contributed by atoms with Crippen LogP contribution in [0.15, 0.2) is 12.1 Å². The fraction of sp³-hybridized carbons (Fsp3) is 0.650. The van der Waals surface area contributed by atoms with Gasteiger partial charge >= 0.3 is 0 Å². The molecule has 0 radical (unpaired) electrons. The Morgan fingerprint density at radius 2 is 1.96 bits per heavy atom. The van der Waals surface area contributed by atoms with E-state index in [1.54, 1.807) is 7.11 Å². The molecule has 1 saturated heterocycles. The molecule has 1 amide bonds. The molecule has 0 spiro atoms. The summed E-state index contributed by atoms with van der Waals surface area (Å²) in [5, 5.41) is 0. The van der Waals surface area contributed by atoms with Crippen molar-refractivity contribution in [2.45, 2.75) is 47.1 Å². The number of hydrogen-bond acceptors (Lipinski definition) is 3. The van der Waals surface area contributed by atoms with Crippen molar-refractivity contribution in [3.05, 3.63) is 28.8 Å². The van der Waals surface area contributed by atoms with Crippen LogP contribution in [0.25, 0.3) is 0 Å². The van der Waals surface area contributed by atoms with Crippen molar-refractivity contribution in [2.24, 2.45) is 5.92 Å². The maximum atomic E-state index is 12.6. The number of aryl methyl sites for hydroxylation is 2. The van der Waals surface area contributed by atoms with Crippen LogP contribution >= 0.6 is 0 Å². The lowest BCUT2D eigenvalue weighted by Gasteiger charge is -2.34. The van der Waals surface area contributed by atoms with Crippen LogP contribution < -0.4 is 4.74 Å². The van der Waals surface area contributed by atoms with Crippen molar-refractivity contribution in [2.75, 3.05) is 33.3 Å². The summed E-state index contributed by atoms with van der Waals surface area (Å²) in [5.41, 5.74) is 3.77. The number of rotatable bonds is 6. The van der Waals surface area contributed by atoms with E-state index >= 15 is 0 Å². The number of amides is 1. The molecule has 134 valence electrons. The number of carbonyl (C=O) groups is 1. The molecule has 0 saturated carbocycles. The summed E-state index contributed by atoms with van der Waals surface area (Å²) in [7, 11) is 1.72. The zero-order chi connectivity index (χ0) is 17.7. The summed E-state index contributed by atoms with van der Waals surface area (Å²) in [6, 6.07) is 4.34. The van der Waals surface area contributed by atoms with Gasteiger partial charge in [0.25, 0.3) is 0 Å². The van der Waals surface area contributed by atoms with Crippen LogP contribution in [0, 0.1) is 19.8 Å². The summed E-state index contributed by atoms with van der Waals surface area (Å²) in [5.74, 6) is 1.43. The molecule has 1 unspecified atom stereocenters. The van der Waals surface area contributed by atoms with Crippen molar-refractivity contribution in [1.29, 1.82) is 0 Å². The van der Waals surface area contributed by atoms with E-state index in [4.69, 9.17) is 4.74 Å². The van der Waals surface area contributed by atoms with E-state index in [2.05, 4.69) is 44.7 Å². The number of carbonyl (C=O) groups excluding carboxylic acids is 1. The Kier molecular flexibility index (Phi) is 6.67. The molecular formula is C20H32N2O2. The van der Waals surface area contributed by atoms with Gasteiger partial charge in [-0.05, 0) is 69.8 Å². The number of nitrogens with zero attached hydrogens (tertiary/aromatic N) is 2. The molecule has 1 heterocycles. The summed E-state index contributed by atoms with van der Waals surface area (Å²) in [6.07, 6.45) is 2.12. The Hall–Kier alpha value is -1.55. The van der Waals surface area contributed by atoms with E-state index in [-0.39, 0.29) is 5.92 Å². The zero-order valence-corrected chi connectivity index (χ0v) is 15.9. The predicted octanol–water partition coefficient (Wildman–Crippen LogP) is 3.39. The topological polar surface area (TPSA) is 32.8 Å². The maximum Gasteiger partial charge on any atom is 0.226 e. The minimum Gasteiger partial charge on any atom is -0.496 e. The molecule has 1 aliphatic rings. The van der Waals surface area contributed by atoms with Crippen LogP contribution in [0.5, 0.6) is 5.75 Å². The van der Waals surface area contributed by atoms with Gasteiger partial charge in [-0.1, -0.05) is 6.07 Å². The third-order valence-electron chi connectivity index (χ3n) is 5.18. The Bertz CT molecular complexity index is 567. The van der Waals surface area contributed by atoms with Crippen molar-refractivity contribution in [3.63, 3.8) is 0 Å². The SMILES string of the molecule is CCN(CC)C(=O)C1CCCN(Cc2cc(C)c(OC)cc2C)C1. The third kappa shape index (κ3) is 4.29. The van der Waals surface area contributed by atoms with E-state index in [9.17, 15) is 4.79 Å². The second kappa shape index (κ2) is 8.52. The van der Waals surface area contributed by atoms with Gasteiger partial charge in [0.2, 0.25) is 5.91 Å². The normalized spacial score (nSPS) is 18.5. The van der Waals surface area contributed by atoms with Crippen molar-refractivity contribution in [1.82, 2.24) is 9.80 Å². The number of likely N-dealkylation sites (tertiary alicyclic amines) is 1. The highest BCUT2D eigenvalue weighted by atomic mass is 16.5. The average molecular weight is 332 g/mol. The van der Waals surface area contributed by atoms with Gasteiger partial charge in [0.1, 0.15) is 5.75 Å². The average Bonchev–Trinajstić information content (AvgIpc) is 2.59. The molecule has 4 heteroatoms. The minimum atomic E-state index is 0.151. The smallest absolute Gasteiger partial charge is 0.226 e. The van der Waals surface area contributed by atoms with Crippen LogP contribution in [-0.4, -0.2) is 49.0 Å². The summed E-state index contributed by atoms with van der Waals surface area (Å²) in [4.78, 5) is 17.0. The molecule has 1 aromatic rings. The van der Waals surface area contributed by atoms with Crippen molar-refractivity contribution < 1.29 is 9.53 Å². The summed E-state index contributed by atoms with van der Waals surface area (Å²) < 4.78 is 5.41. The Balaban J connectivity index is 2.05. The predicted molar refractivity (Wildman–Crippen MR) is 98.4 cm³/mol. The monoisotopic (exact) mass is 332 g/mol. The highest BCUT2D eigenvalue weighted by Gasteiger charge is 2.28. The molecule has 1 aliphatic heterocycles. The number of methoxy groups -OCH3 is 1. The molecule has 2 rings (SSSR count). The fourth-order valence-corrected chi connectivity index (χ4v) is 3.67. The number of benzene rings is 1. The van der Waals surface area contributed by atoms with E-state index in [1.165, 1.54) is 16.7 Å². The number of ether oxygens (including phenoxy) is 1. The highest BCUT2D eigenvalue weighted by molar-refractivity contribution is 5.79. The van der Waals surface area contributed by atoms with E-state index in [1.807, 2.05) is 4.90 Å². The second-order valence-corrected chi connectivity index (χ2v) is 6.83. The standard InChI is InChI=1S/C20H32N2O2/c1-6-22(7-2)20(23)17-9-8-10-21(13-17)14-18-11-16(4)19(24-5)12-15(18)3/h11-12,17H,6-10,13-14H2,1-5H3. The van der Waals surface area contributed by atoms with Gasteiger partial charge in [-0.2, -0.15) is 0 Å². The van der Waals surface area contributed by atoms with Gasteiger partial charge in [-0.15, -0.1) is 0 Å². The number of hydrogen-bond donors (Lipinski definition) is 0. The Labute approximate surface area is 146 Å². The van der Waals surface area contributed by atoms with Crippen LogP contribution in [0.2, 0.25) is 0 Å². The molecule has 0 bridgehead atoms. The van der Waals surface area contributed by atoms with Gasteiger partial charge in [-0.25, -0.2) is 0 Å². The summed E-state index contributed by atoms with van der Waals surface area (Å²) in [6.45, 7) is 12.8. The van der Waals surface area contributed by atoms with E-state index < -0.39 is 0 Å². The van der Waals surface area contributed by atoms with Crippen LogP contribution in [0.3, 0.4) is 0 Å². The molecule has 1 aromatic carbocycles. The molecular weight excluding hydrogens is 300 g/mol. The third-order valence-corrected chi connectivity index (χ3v) is 5.18. The molecule has 0 aromatic heterocycles. The largest absolute Gasteiger partial charge is 0.496 e. The van der Waals surface area contributed by atoms with Gasteiger partial charge in [-0.3, -0.25) is 9.69 Å². The van der Waals surface area contributed by atoms with Gasteiger partial charge in [0.15, 0.2) is 0 Å². The summed E-state index contributed by atoms with van der Waals surface area (Å²) >= 11 is 0. The first-order valence-electron chi connectivity index (χ1n) is 9.15. The van der Waals surface area contributed by atoms with Crippen molar-refractivity contribution >= 4 is 5.91 Å². The highest BCUT2D eigenvalue weighted by Crippen LogP contribution is 2.26. The number of piperidine rings is 1. The van der Waals surface area contributed by atoms with Gasteiger partial charge in [0, 0.05) is 26.2 Å². The van der Waals surface area contributed by atoms with Gasteiger partial charge in [0.05, 0.1) is 13.0 Å². The molecule has 24 heavy (non-hydrogen) atoms. The molecule has 0 N–H and O–H groups in total. The van der Waals surface area contributed by atoms with Crippen LogP contribution in [0.4, 0.5) is 0 Å². The molecule has 4 nitrogen and oxygen atoms in total. The lowest BCUT2D eigenvalue weighted by atomic mass is 9.95. The lowest BCUT2D eigenvalue weighted by molar-refractivity contribution is -0.137. The van der Waals surface area contributed by atoms with Crippen LogP contribution in [-0.2, 0) is 11.3 Å². The Morgan fingerprint density at radius 3 is 2.58 bits per heavy atom. The van der Waals surface area contributed by atoms with Crippen LogP contribution in [0.1, 0.15) is 43.4 Å². The Morgan fingerprint density at radius 1 is 1.25 bits per heavy atom. The quantitative estimate of drug-likeness (QED) is 0.800. The molecule has 0 aliphatic carbocycles. The second-order valence-electron chi connectivity index (χ2n) is 6.83. The first-order valence-corrected chi connectivity index (χ1v) is 9.15. The first kappa shape index (κ1) is 18.8. The maximum absolute atomic E-state index is 12.6. The van der Waals surface area contributed by atoms with Gasteiger partial charge < -0.3 is 9.64 Å². The minimum absolute atomic E-state index is 0.151.